The predicted octanol–water partition coefficient (Wildman–Crippen LogP) is 2.36. The molecule has 2 rings (SSSR count). The molecule has 2 N–H and O–H groups in total. The molecule has 0 bridgehead atoms. The number of ether oxygens (including phenoxy) is 2. The molecule has 1 aromatic carbocycles. The minimum absolute atomic E-state index is 0.502. The largest absolute Gasteiger partial charge is 0.497 e. The van der Waals surface area contributed by atoms with E-state index in [0.29, 0.717) is 13.2 Å². The Morgan fingerprint density at radius 2 is 1.75 bits per heavy atom. The van der Waals surface area contributed by atoms with E-state index >= 15 is 0 Å². The molecule has 112 valence electrons. The van der Waals surface area contributed by atoms with Gasteiger partial charge >= 0.3 is 0 Å². The Balaban J connectivity index is 1.61. The molecule has 1 aliphatic carbocycles. The first-order chi connectivity index (χ1) is 9.72. The zero-order valence-electron chi connectivity index (χ0n) is 12.2. The fourth-order valence-electron chi connectivity index (χ4n) is 2.62. The fourth-order valence-corrected chi connectivity index (χ4v) is 2.62. The van der Waals surface area contributed by atoms with E-state index in [-0.39, 0.29) is 0 Å². The van der Waals surface area contributed by atoms with E-state index in [4.69, 9.17) is 9.47 Å². The maximum Gasteiger partial charge on any atom is 0.119 e. The standard InChI is InChI=1S/C16H25NO3/c1-19-14-5-7-15(8-6-14)20-12-11-17-13-16(18)9-3-2-4-10-16/h5-8,17-18H,2-4,9-13H2,1H3. The van der Waals surface area contributed by atoms with Gasteiger partial charge in [0.1, 0.15) is 18.1 Å². The lowest BCUT2D eigenvalue weighted by atomic mass is 9.85. The third-order valence-electron chi connectivity index (χ3n) is 3.85. The van der Waals surface area contributed by atoms with Gasteiger partial charge in [0.25, 0.3) is 0 Å². The second kappa shape index (κ2) is 7.50. The van der Waals surface area contributed by atoms with Crippen molar-refractivity contribution in [1.82, 2.24) is 5.32 Å². The van der Waals surface area contributed by atoms with Gasteiger partial charge < -0.3 is 19.9 Å². The summed E-state index contributed by atoms with van der Waals surface area (Å²) in [5.41, 5.74) is -0.502. The summed E-state index contributed by atoms with van der Waals surface area (Å²) in [6.45, 7) is 2.01. The quantitative estimate of drug-likeness (QED) is 0.752. The monoisotopic (exact) mass is 279 g/mol. The van der Waals surface area contributed by atoms with Crippen LogP contribution in [-0.4, -0.2) is 37.5 Å². The van der Waals surface area contributed by atoms with Gasteiger partial charge in [-0.15, -0.1) is 0 Å². The smallest absolute Gasteiger partial charge is 0.119 e. The summed E-state index contributed by atoms with van der Waals surface area (Å²) in [6, 6.07) is 7.56. The van der Waals surface area contributed by atoms with Crippen molar-refractivity contribution in [2.45, 2.75) is 37.7 Å². The lowest BCUT2D eigenvalue weighted by Gasteiger charge is -2.32. The summed E-state index contributed by atoms with van der Waals surface area (Å²) in [4.78, 5) is 0. The minimum Gasteiger partial charge on any atom is -0.497 e. The number of benzene rings is 1. The van der Waals surface area contributed by atoms with Crippen molar-refractivity contribution in [1.29, 1.82) is 0 Å². The first kappa shape index (κ1) is 15.1. The molecule has 0 aromatic heterocycles. The van der Waals surface area contributed by atoms with Gasteiger partial charge in [-0.2, -0.15) is 0 Å². The van der Waals surface area contributed by atoms with Crippen molar-refractivity contribution in [2.75, 3.05) is 26.8 Å². The van der Waals surface area contributed by atoms with Crippen molar-refractivity contribution < 1.29 is 14.6 Å². The van der Waals surface area contributed by atoms with Crippen LogP contribution < -0.4 is 14.8 Å². The highest BCUT2D eigenvalue weighted by atomic mass is 16.5. The van der Waals surface area contributed by atoms with E-state index < -0.39 is 5.60 Å². The number of methoxy groups -OCH3 is 1. The summed E-state index contributed by atoms with van der Waals surface area (Å²) in [7, 11) is 1.65. The van der Waals surface area contributed by atoms with Gasteiger partial charge in [0.15, 0.2) is 0 Å². The van der Waals surface area contributed by atoms with Gasteiger partial charge in [-0.05, 0) is 37.1 Å². The minimum atomic E-state index is -0.502. The zero-order chi connectivity index (χ0) is 14.3. The molecule has 0 atom stereocenters. The second-order valence-corrected chi connectivity index (χ2v) is 5.49. The first-order valence-corrected chi connectivity index (χ1v) is 7.42. The Hall–Kier alpha value is -1.26. The molecule has 0 spiro atoms. The van der Waals surface area contributed by atoms with Gasteiger partial charge in [0.05, 0.1) is 12.7 Å². The number of rotatable bonds is 7. The maximum atomic E-state index is 10.3. The van der Waals surface area contributed by atoms with Crippen LogP contribution in [0.5, 0.6) is 11.5 Å². The second-order valence-electron chi connectivity index (χ2n) is 5.49. The van der Waals surface area contributed by atoms with E-state index in [1.165, 1.54) is 6.42 Å². The van der Waals surface area contributed by atoms with Crippen LogP contribution in [-0.2, 0) is 0 Å². The highest BCUT2D eigenvalue weighted by Crippen LogP contribution is 2.27. The number of hydrogen-bond acceptors (Lipinski definition) is 4. The molecule has 20 heavy (non-hydrogen) atoms. The van der Waals surface area contributed by atoms with Gasteiger partial charge in [-0.3, -0.25) is 0 Å². The predicted molar refractivity (Wildman–Crippen MR) is 79.4 cm³/mol. The molecule has 4 heteroatoms. The molecule has 4 nitrogen and oxygen atoms in total. The maximum absolute atomic E-state index is 10.3. The van der Waals surface area contributed by atoms with Crippen LogP contribution >= 0.6 is 0 Å². The Labute approximate surface area is 121 Å². The Morgan fingerprint density at radius 3 is 2.40 bits per heavy atom. The lowest BCUT2D eigenvalue weighted by molar-refractivity contribution is 0.00457. The number of aliphatic hydroxyl groups is 1. The van der Waals surface area contributed by atoms with Crippen LogP contribution in [0.4, 0.5) is 0 Å². The van der Waals surface area contributed by atoms with E-state index in [1.807, 2.05) is 24.3 Å². The summed E-state index contributed by atoms with van der Waals surface area (Å²) in [5.74, 6) is 1.67. The molecule has 0 amide bonds. The molecule has 0 unspecified atom stereocenters. The van der Waals surface area contributed by atoms with E-state index in [9.17, 15) is 5.11 Å². The molecule has 0 aliphatic heterocycles. The van der Waals surface area contributed by atoms with Crippen LogP contribution in [0.15, 0.2) is 24.3 Å². The van der Waals surface area contributed by atoms with Crippen LogP contribution in [0, 0.1) is 0 Å². The van der Waals surface area contributed by atoms with Crippen molar-refractivity contribution in [2.24, 2.45) is 0 Å². The molecule has 1 fully saturated rings. The summed E-state index contributed by atoms with van der Waals surface area (Å²) in [5, 5.41) is 13.6. The number of nitrogens with one attached hydrogen (secondary N) is 1. The Morgan fingerprint density at radius 1 is 1.10 bits per heavy atom. The van der Waals surface area contributed by atoms with Gasteiger partial charge in [-0.25, -0.2) is 0 Å². The highest BCUT2D eigenvalue weighted by Gasteiger charge is 2.28. The molecular formula is C16H25NO3. The van der Waals surface area contributed by atoms with Crippen LogP contribution in [0.2, 0.25) is 0 Å². The molecule has 0 saturated heterocycles. The SMILES string of the molecule is COc1ccc(OCCNCC2(O)CCCCC2)cc1. The summed E-state index contributed by atoms with van der Waals surface area (Å²) < 4.78 is 10.7. The zero-order valence-corrected chi connectivity index (χ0v) is 12.2. The highest BCUT2D eigenvalue weighted by molar-refractivity contribution is 5.31. The summed E-state index contributed by atoms with van der Waals surface area (Å²) in [6.07, 6.45) is 5.36. The fraction of sp³-hybridized carbons (Fsp3) is 0.625. The molecule has 1 saturated carbocycles. The molecule has 0 radical (unpaired) electrons. The normalized spacial score (nSPS) is 17.7. The third kappa shape index (κ3) is 4.69. The average molecular weight is 279 g/mol. The third-order valence-corrected chi connectivity index (χ3v) is 3.85. The van der Waals surface area contributed by atoms with E-state index in [2.05, 4.69) is 5.32 Å². The Bertz CT molecular complexity index is 385. The molecule has 1 aliphatic rings. The summed E-state index contributed by atoms with van der Waals surface area (Å²) >= 11 is 0. The average Bonchev–Trinajstić information content (AvgIpc) is 2.48. The van der Waals surface area contributed by atoms with Gasteiger partial charge in [0.2, 0.25) is 0 Å². The van der Waals surface area contributed by atoms with E-state index in [1.54, 1.807) is 7.11 Å². The molecular weight excluding hydrogens is 254 g/mol. The van der Waals surface area contributed by atoms with Crippen LogP contribution in [0.25, 0.3) is 0 Å². The van der Waals surface area contributed by atoms with Crippen molar-refractivity contribution in [3.63, 3.8) is 0 Å². The first-order valence-electron chi connectivity index (χ1n) is 7.42. The lowest BCUT2D eigenvalue weighted by Crippen LogP contribution is -2.43. The van der Waals surface area contributed by atoms with E-state index in [0.717, 1.165) is 43.7 Å². The molecule has 0 heterocycles. The molecule has 1 aromatic rings. The van der Waals surface area contributed by atoms with Gasteiger partial charge in [0, 0.05) is 13.1 Å². The van der Waals surface area contributed by atoms with Gasteiger partial charge in [-0.1, -0.05) is 19.3 Å². The van der Waals surface area contributed by atoms with Crippen molar-refractivity contribution in [3.8, 4) is 11.5 Å². The van der Waals surface area contributed by atoms with Crippen LogP contribution in [0.1, 0.15) is 32.1 Å². The number of hydrogen-bond donors (Lipinski definition) is 2. The van der Waals surface area contributed by atoms with Crippen molar-refractivity contribution in [3.05, 3.63) is 24.3 Å². The topological polar surface area (TPSA) is 50.7 Å². The van der Waals surface area contributed by atoms with Crippen molar-refractivity contribution >= 4 is 0 Å². The van der Waals surface area contributed by atoms with Crippen LogP contribution in [0.3, 0.4) is 0 Å². The Kier molecular flexibility index (Phi) is 5.68.